The van der Waals surface area contributed by atoms with Crippen LogP contribution in [0.5, 0.6) is 5.75 Å². The van der Waals surface area contributed by atoms with Gasteiger partial charge in [0.1, 0.15) is 11.8 Å². The molecule has 2 unspecified atom stereocenters. The molecule has 0 fully saturated rings. The monoisotopic (exact) mass is 342 g/mol. The number of anilines is 1. The fourth-order valence-electron chi connectivity index (χ4n) is 2.07. The molecule has 1 N–H and O–H groups in total. The lowest BCUT2D eigenvalue weighted by molar-refractivity contribution is -0.122. The van der Waals surface area contributed by atoms with Crippen LogP contribution in [-0.2, 0) is 14.8 Å². The fourth-order valence-corrected chi connectivity index (χ4v) is 3.23. The Morgan fingerprint density at radius 3 is 2.30 bits per heavy atom. The van der Waals surface area contributed by atoms with Crippen LogP contribution in [-0.4, -0.2) is 39.8 Å². The van der Waals surface area contributed by atoms with Crippen LogP contribution in [0.2, 0.25) is 0 Å². The van der Waals surface area contributed by atoms with Crippen molar-refractivity contribution in [2.24, 2.45) is 5.92 Å². The van der Waals surface area contributed by atoms with Crippen molar-refractivity contribution in [3.63, 3.8) is 0 Å². The zero-order valence-corrected chi connectivity index (χ0v) is 15.3. The topological polar surface area (TPSA) is 75.7 Å². The van der Waals surface area contributed by atoms with Crippen LogP contribution >= 0.6 is 0 Å². The molecule has 23 heavy (non-hydrogen) atoms. The summed E-state index contributed by atoms with van der Waals surface area (Å²) >= 11 is 0. The van der Waals surface area contributed by atoms with Gasteiger partial charge in [0.15, 0.2) is 0 Å². The van der Waals surface area contributed by atoms with Gasteiger partial charge in [-0.3, -0.25) is 9.10 Å². The summed E-state index contributed by atoms with van der Waals surface area (Å²) in [7, 11) is -2.12. The van der Waals surface area contributed by atoms with Crippen LogP contribution in [0.3, 0.4) is 0 Å². The largest absolute Gasteiger partial charge is 0.497 e. The molecule has 1 aromatic rings. The normalized spacial score (nSPS) is 14.2. The van der Waals surface area contributed by atoms with Gasteiger partial charge in [-0.1, -0.05) is 19.9 Å². The third kappa shape index (κ3) is 5.13. The summed E-state index contributed by atoms with van der Waals surface area (Å²) in [5.41, 5.74) is 0.395. The number of rotatable bonds is 7. The number of carbonyl (C=O) groups excluding carboxylic acids is 1. The first-order valence-corrected chi connectivity index (χ1v) is 9.36. The molecule has 0 aliphatic rings. The molecule has 0 aliphatic heterocycles. The number of carbonyl (C=O) groups is 1. The van der Waals surface area contributed by atoms with Crippen molar-refractivity contribution in [2.45, 2.75) is 39.8 Å². The third-order valence-corrected chi connectivity index (χ3v) is 5.01. The van der Waals surface area contributed by atoms with Crippen molar-refractivity contribution in [3.05, 3.63) is 24.3 Å². The highest BCUT2D eigenvalue weighted by Gasteiger charge is 2.30. The predicted octanol–water partition coefficient (Wildman–Crippen LogP) is 2.01. The number of hydrogen-bond acceptors (Lipinski definition) is 4. The van der Waals surface area contributed by atoms with Gasteiger partial charge in [0, 0.05) is 12.1 Å². The SMILES string of the molecule is COc1cccc(N(C(C)C(=O)NC(C)C(C)C)S(C)(=O)=O)c1. The van der Waals surface area contributed by atoms with E-state index >= 15 is 0 Å². The van der Waals surface area contributed by atoms with Crippen LogP contribution in [0.25, 0.3) is 0 Å². The van der Waals surface area contributed by atoms with Gasteiger partial charge >= 0.3 is 0 Å². The first-order chi connectivity index (χ1) is 10.6. The minimum Gasteiger partial charge on any atom is -0.497 e. The Labute approximate surface area is 138 Å². The molecule has 0 radical (unpaired) electrons. The second kappa shape index (κ2) is 7.68. The highest BCUT2D eigenvalue weighted by atomic mass is 32.2. The highest BCUT2D eigenvalue weighted by molar-refractivity contribution is 7.92. The first-order valence-electron chi connectivity index (χ1n) is 7.51. The van der Waals surface area contributed by atoms with E-state index < -0.39 is 16.1 Å². The van der Waals surface area contributed by atoms with Crippen LogP contribution in [0.15, 0.2) is 24.3 Å². The number of nitrogens with zero attached hydrogens (tertiary/aromatic N) is 1. The van der Waals surface area contributed by atoms with E-state index in [2.05, 4.69) is 5.32 Å². The lowest BCUT2D eigenvalue weighted by Gasteiger charge is -2.30. The van der Waals surface area contributed by atoms with E-state index in [-0.39, 0.29) is 17.9 Å². The number of hydrogen-bond donors (Lipinski definition) is 1. The minimum absolute atomic E-state index is 0.0448. The van der Waals surface area contributed by atoms with E-state index in [1.165, 1.54) is 7.11 Å². The van der Waals surface area contributed by atoms with Gasteiger partial charge in [-0.05, 0) is 31.9 Å². The fraction of sp³-hybridized carbons (Fsp3) is 0.562. The average Bonchev–Trinajstić information content (AvgIpc) is 2.45. The summed E-state index contributed by atoms with van der Waals surface area (Å²) in [5.74, 6) is 0.452. The summed E-state index contributed by atoms with van der Waals surface area (Å²) in [6, 6.07) is 5.73. The quantitative estimate of drug-likeness (QED) is 0.822. The van der Waals surface area contributed by atoms with Gasteiger partial charge < -0.3 is 10.1 Å². The number of nitrogens with one attached hydrogen (secondary N) is 1. The maximum Gasteiger partial charge on any atom is 0.243 e. The van der Waals surface area contributed by atoms with Gasteiger partial charge in [-0.25, -0.2) is 8.42 Å². The summed E-state index contributed by atoms with van der Waals surface area (Å²) in [6.07, 6.45) is 1.09. The van der Waals surface area contributed by atoms with Crippen molar-refractivity contribution in [2.75, 3.05) is 17.7 Å². The molecule has 0 aliphatic carbocycles. The molecule has 0 bridgehead atoms. The van der Waals surface area contributed by atoms with Gasteiger partial charge in [0.2, 0.25) is 15.9 Å². The maximum atomic E-state index is 12.4. The highest BCUT2D eigenvalue weighted by Crippen LogP contribution is 2.25. The zero-order chi connectivity index (χ0) is 17.8. The Hall–Kier alpha value is -1.76. The Balaban J connectivity index is 3.14. The molecule has 0 aromatic heterocycles. The van der Waals surface area contributed by atoms with E-state index in [1.54, 1.807) is 31.2 Å². The Morgan fingerprint density at radius 1 is 1.22 bits per heavy atom. The minimum atomic E-state index is -3.63. The molecule has 6 nitrogen and oxygen atoms in total. The van der Waals surface area contributed by atoms with Gasteiger partial charge in [-0.15, -0.1) is 0 Å². The lowest BCUT2D eigenvalue weighted by atomic mass is 10.1. The standard InChI is InChI=1S/C16H26N2O4S/c1-11(2)12(3)17-16(19)13(4)18(23(6,20)21)14-8-7-9-15(10-14)22-5/h7-13H,1-6H3,(H,17,19). The molecular weight excluding hydrogens is 316 g/mol. The van der Waals surface area contributed by atoms with E-state index in [1.807, 2.05) is 20.8 Å². The van der Waals surface area contributed by atoms with Crippen LogP contribution in [0.1, 0.15) is 27.7 Å². The number of sulfonamides is 1. The summed E-state index contributed by atoms with van der Waals surface area (Å²) < 4.78 is 30.6. The molecule has 2 atom stereocenters. The molecule has 130 valence electrons. The van der Waals surface area contributed by atoms with E-state index in [9.17, 15) is 13.2 Å². The molecule has 1 amide bonds. The summed E-state index contributed by atoms with van der Waals surface area (Å²) in [5, 5.41) is 2.85. The molecule has 1 rings (SSSR count). The second-order valence-electron chi connectivity index (χ2n) is 5.98. The third-order valence-electron chi connectivity index (χ3n) is 3.77. The van der Waals surface area contributed by atoms with E-state index in [0.29, 0.717) is 11.4 Å². The Bertz CT molecular complexity index is 643. The zero-order valence-electron chi connectivity index (χ0n) is 14.5. The number of benzene rings is 1. The van der Waals surface area contributed by atoms with E-state index in [4.69, 9.17) is 4.74 Å². The van der Waals surface area contributed by atoms with Gasteiger partial charge in [0.05, 0.1) is 19.1 Å². The molecule has 0 saturated carbocycles. The van der Waals surface area contributed by atoms with Gasteiger partial charge in [-0.2, -0.15) is 0 Å². The van der Waals surface area contributed by atoms with Crippen molar-refractivity contribution in [1.82, 2.24) is 5.32 Å². The second-order valence-corrected chi connectivity index (χ2v) is 7.84. The first kappa shape index (κ1) is 19.3. The Morgan fingerprint density at radius 2 is 1.83 bits per heavy atom. The van der Waals surface area contributed by atoms with Crippen LogP contribution in [0, 0.1) is 5.92 Å². The molecule has 7 heteroatoms. The number of methoxy groups -OCH3 is 1. The summed E-state index contributed by atoms with van der Waals surface area (Å²) in [6.45, 7) is 7.45. The van der Waals surface area contributed by atoms with Gasteiger partial charge in [0.25, 0.3) is 0 Å². The molecule has 0 saturated heterocycles. The lowest BCUT2D eigenvalue weighted by Crippen LogP contribution is -2.50. The summed E-state index contributed by atoms with van der Waals surface area (Å²) in [4.78, 5) is 12.4. The molecule has 0 heterocycles. The maximum absolute atomic E-state index is 12.4. The molecular formula is C16H26N2O4S. The molecule has 1 aromatic carbocycles. The number of ether oxygens (including phenoxy) is 1. The Kier molecular flexibility index (Phi) is 6.44. The van der Waals surface area contributed by atoms with Crippen LogP contribution in [0.4, 0.5) is 5.69 Å². The van der Waals surface area contributed by atoms with Crippen LogP contribution < -0.4 is 14.4 Å². The van der Waals surface area contributed by atoms with Crippen molar-refractivity contribution in [1.29, 1.82) is 0 Å². The smallest absolute Gasteiger partial charge is 0.243 e. The number of amides is 1. The van der Waals surface area contributed by atoms with E-state index in [0.717, 1.165) is 10.6 Å². The van der Waals surface area contributed by atoms with Crippen molar-refractivity contribution >= 4 is 21.6 Å². The molecule has 0 spiro atoms. The van der Waals surface area contributed by atoms with Crippen molar-refractivity contribution in [3.8, 4) is 5.75 Å². The van der Waals surface area contributed by atoms with Crippen molar-refractivity contribution < 1.29 is 17.9 Å². The average molecular weight is 342 g/mol. The predicted molar refractivity (Wildman–Crippen MR) is 92.2 cm³/mol.